The number of anilines is 2. The minimum Gasteiger partial charge on any atom is -0.495 e. The highest BCUT2D eigenvalue weighted by Crippen LogP contribution is 2.61. The zero-order valence-corrected chi connectivity index (χ0v) is 22.0. The van der Waals surface area contributed by atoms with Gasteiger partial charge in [0.25, 0.3) is 5.91 Å². The third-order valence-electron chi connectivity index (χ3n) is 8.27. The number of carbonyl (C=O) groups is 3. The number of benzene rings is 2. The lowest BCUT2D eigenvalue weighted by Gasteiger charge is -2.45. The molecule has 0 bridgehead atoms. The van der Waals surface area contributed by atoms with E-state index in [2.05, 4.69) is 33.0 Å². The third kappa shape index (κ3) is 3.20. The maximum absolute atomic E-state index is 15.1. The summed E-state index contributed by atoms with van der Waals surface area (Å²) in [6, 6.07) is 15.1. The summed E-state index contributed by atoms with van der Waals surface area (Å²) in [4.78, 5) is 44.5. The molecule has 6 rings (SSSR count). The van der Waals surface area contributed by atoms with Crippen LogP contribution < -0.4 is 15.0 Å². The highest BCUT2D eigenvalue weighted by Gasteiger charge is 2.64. The van der Waals surface area contributed by atoms with E-state index in [0.29, 0.717) is 54.1 Å². The van der Waals surface area contributed by atoms with Gasteiger partial charge in [-0.2, -0.15) is 0 Å². The molecule has 1 amide bonds. The fourth-order valence-electron chi connectivity index (χ4n) is 6.90. The van der Waals surface area contributed by atoms with E-state index >= 15 is 4.79 Å². The molecule has 2 aromatic rings. The van der Waals surface area contributed by atoms with E-state index in [1.165, 1.54) is 0 Å². The van der Waals surface area contributed by atoms with Crippen LogP contribution in [0.15, 0.2) is 71.1 Å². The van der Waals surface area contributed by atoms with E-state index in [9.17, 15) is 9.59 Å². The van der Waals surface area contributed by atoms with Gasteiger partial charge >= 0.3 is 0 Å². The van der Waals surface area contributed by atoms with Crippen LogP contribution in [0.3, 0.4) is 0 Å². The summed E-state index contributed by atoms with van der Waals surface area (Å²) in [5, 5.41) is 3.36. The zero-order valence-electron chi connectivity index (χ0n) is 22.0. The van der Waals surface area contributed by atoms with Crippen molar-refractivity contribution in [2.75, 3.05) is 17.3 Å². The van der Waals surface area contributed by atoms with Gasteiger partial charge in [0.05, 0.1) is 18.5 Å². The van der Waals surface area contributed by atoms with Crippen molar-refractivity contribution in [3.63, 3.8) is 0 Å². The summed E-state index contributed by atoms with van der Waals surface area (Å²) in [6.45, 7) is 8.25. The number of nitrogens with one attached hydrogen (secondary N) is 1. The SMILES string of the molecule is COc1ccccc1N1C(=O)C2(C3=C(Nc4ccccc42)C(=O)CC(C)(C)C3)C2=C1CC(C)(C)CC2=O. The molecule has 190 valence electrons. The fourth-order valence-corrected chi connectivity index (χ4v) is 6.90. The molecule has 2 heterocycles. The number of hydrogen-bond acceptors (Lipinski definition) is 5. The predicted molar refractivity (Wildman–Crippen MR) is 142 cm³/mol. The van der Waals surface area contributed by atoms with Gasteiger partial charge in [0.2, 0.25) is 0 Å². The van der Waals surface area contributed by atoms with Crippen LogP contribution in [0, 0.1) is 10.8 Å². The molecule has 0 saturated heterocycles. The summed E-state index contributed by atoms with van der Waals surface area (Å²) in [5.74, 6) is 0.304. The Morgan fingerprint density at radius 2 is 1.46 bits per heavy atom. The van der Waals surface area contributed by atoms with Crippen molar-refractivity contribution in [2.45, 2.75) is 58.8 Å². The first-order valence-corrected chi connectivity index (χ1v) is 12.9. The van der Waals surface area contributed by atoms with E-state index in [0.717, 1.165) is 16.8 Å². The number of ketones is 2. The Morgan fingerprint density at radius 3 is 2.22 bits per heavy atom. The van der Waals surface area contributed by atoms with Crippen molar-refractivity contribution in [2.24, 2.45) is 10.8 Å². The van der Waals surface area contributed by atoms with Gasteiger partial charge in [0.15, 0.2) is 11.6 Å². The second-order valence-corrected chi connectivity index (χ2v) is 12.3. The van der Waals surface area contributed by atoms with Crippen LogP contribution in [0.25, 0.3) is 0 Å². The first-order chi connectivity index (χ1) is 17.5. The van der Waals surface area contributed by atoms with E-state index in [1.807, 2.05) is 48.5 Å². The van der Waals surface area contributed by atoms with Crippen LogP contribution in [0.4, 0.5) is 11.4 Å². The smallest absolute Gasteiger partial charge is 0.251 e. The zero-order chi connectivity index (χ0) is 26.3. The van der Waals surface area contributed by atoms with Crippen LogP contribution in [0.2, 0.25) is 0 Å². The number of fused-ring (bicyclic) bond motifs is 4. The standard InChI is InChI=1S/C31H32N2O4/c1-29(2)14-19-27(24(35)17-29)32-20-11-7-6-10-18(20)31(19)26-22(15-30(3,4)16-23(26)34)33(28(31)36)21-12-8-9-13-25(21)37-5/h6-13,32H,14-17H2,1-5H3. The van der Waals surface area contributed by atoms with Crippen molar-refractivity contribution >= 4 is 28.8 Å². The third-order valence-corrected chi connectivity index (χ3v) is 8.27. The average molecular weight is 497 g/mol. The Morgan fingerprint density at radius 1 is 0.811 bits per heavy atom. The van der Waals surface area contributed by atoms with Gasteiger partial charge in [0.1, 0.15) is 11.2 Å². The second kappa shape index (κ2) is 7.67. The highest BCUT2D eigenvalue weighted by atomic mass is 16.5. The lowest BCUT2D eigenvalue weighted by Crippen LogP contribution is -2.50. The maximum atomic E-state index is 15.1. The van der Waals surface area contributed by atoms with Gasteiger partial charge in [0, 0.05) is 29.8 Å². The molecule has 4 aliphatic rings. The van der Waals surface area contributed by atoms with Crippen LogP contribution in [-0.2, 0) is 19.8 Å². The topological polar surface area (TPSA) is 75.7 Å². The molecule has 0 radical (unpaired) electrons. The summed E-state index contributed by atoms with van der Waals surface area (Å²) in [6.07, 6.45) is 1.83. The summed E-state index contributed by atoms with van der Waals surface area (Å²) < 4.78 is 5.69. The lowest BCUT2D eigenvalue weighted by molar-refractivity contribution is -0.124. The molecule has 6 heteroatoms. The van der Waals surface area contributed by atoms with E-state index in [1.54, 1.807) is 12.0 Å². The number of para-hydroxylation sites is 3. The Balaban J connectivity index is 1.74. The predicted octanol–water partition coefficient (Wildman–Crippen LogP) is 5.69. The molecule has 2 aliphatic carbocycles. The van der Waals surface area contributed by atoms with Crippen LogP contribution in [0.5, 0.6) is 5.75 Å². The van der Waals surface area contributed by atoms with Gasteiger partial charge in [-0.25, -0.2) is 0 Å². The van der Waals surface area contributed by atoms with Crippen molar-refractivity contribution in [3.05, 3.63) is 76.6 Å². The lowest BCUT2D eigenvalue weighted by atomic mass is 9.57. The Kier molecular flexibility index (Phi) is 4.91. The number of amides is 1. The monoisotopic (exact) mass is 496 g/mol. The summed E-state index contributed by atoms with van der Waals surface area (Å²) in [5.41, 5.74) is 2.48. The van der Waals surface area contributed by atoms with Gasteiger partial charge in [-0.15, -0.1) is 0 Å². The first kappa shape index (κ1) is 23.7. The van der Waals surface area contributed by atoms with Crippen LogP contribution >= 0.6 is 0 Å². The first-order valence-electron chi connectivity index (χ1n) is 12.9. The van der Waals surface area contributed by atoms with Crippen molar-refractivity contribution in [3.8, 4) is 5.75 Å². The Bertz CT molecular complexity index is 1460. The number of allylic oxidation sites excluding steroid dienone is 2. The maximum Gasteiger partial charge on any atom is 0.251 e. The number of nitrogens with zero attached hydrogens (tertiary/aromatic N) is 1. The number of Topliss-reactive ketones (excluding diaryl/α,β-unsaturated/α-hetero) is 2. The molecule has 1 atom stereocenters. The molecule has 37 heavy (non-hydrogen) atoms. The molecule has 0 fully saturated rings. The van der Waals surface area contributed by atoms with Gasteiger partial charge in [-0.05, 0) is 53.0 Å². The molecule has 1 N–H and O–H groups in total. The molecule has 1 unspecified atom stereocenters. The number of ether oxygens (including phenoxy) is 1. The Hall–Kier alpha value is -3.67. The van der Waals surface area contributed by atoms with E-state index in [4.69, 9.17) is 4.74 Å². The number of methoxy groups -OCH3 is 1. The normalized spacial score (nSPS) is 25.6. The number of hydrogen-bond donors (Lipinski definition) is 1. The summed E-state index contributed by atoms with van der Waals surface area (Å²) >= 11 is 0. The van der Waals surface area contributed by atoms with Crippen LogP contribution in [0.1, 0.15) is 58.9 Å². The minimum atomic E-state index is -1.35. The quantitative estimate of drug-likeness (QED) is 0.578. The van der Waals surface area contributed by atoms with Gasteiger partial charge in [-0.3, -0.25) is 19.3 Å². The highest BCUT2D eigenvalue weighted by molar-refractivity contribution is 6.23. The van der Waals surface area contributed by atoms with Gasteiger partial charge < -0.3 is 10.1 Å². The Labute approximate surface area is 217 Å². The summed E-state index contributed by atoms with van der Waals surface area (Å²) in [7, 11) is 1.59. The molecule has 6 nitrogen and oxygen atoms in total. The molecule has 0 aromatic heterocycles. The molecular formula is C31H32N2O4. The number of carbonyl (C=O) groups excluding carboxylic acids is 3. The average Bonchev–Trinajstić information content (AvgIpc) is 3.07. The van der Waals surface area contributed by atoms with Crippen molar-refractivity contribution in [1.82, 2.24) is 0 Å². The van der Waals surface area contributed by atoms with E-state index in [-0.39, 0.29) is 28.3 Å². The molecule has 1 spiro atoms. The van der Waals surface area contributed by atoms with Crippen molar-refractivity contribution in [1.29, 1.82) is 0 Å². The van der Waals surface area contributed by atoms with Crippen molar-refractivity contribution < 1.29 is 19.1 Å². The molecule has 2 aromatic carbocycles. The largest absolute Gasteiger partial charge is 0.495 e. The molecule has 2 aliphatic heterocycles. The van der Waals surface area contributed by atoms with E-state index < -0.39 is 5.41 Å². The molecule has 0 saturated carbocycles. The van der Waals surface area contributed by atoms with Crippen LogP contribution in [-0.4, -0.2) is 24.6 Å². The fraction of sp³-hybridized carbons (Fsp3) is 0.387. The second-order valence-electron chi connectivity index (χ2n) is 12.3. The molecular weight excluding hydrogens is 464 g/mol. The minimum absolute atomic E-state index is 0.0191. The van der Waals surface area contributed by atoms with Gasteiger partial charge in [-0.1, -0.05) is 58.0 Å². The number of rotatable bonds is 2.